The van der Waals surface area contributed by atoms with Crippen LogP contribution in [0.25, 0.3) is 0 Å². The summed E-state index contributed by atoms with van der Waals surface area (Å²) in [5, 5.41) is 5.81. The van der Waals surface area contributed by atoms with Gasteiger partial charge in [0.15, 0.2) is 0 Å². The van der Waals surface area contributed by atoms with E-state index < -0.39 is 0 Å². The zero-order valence-corrected chi connectivity index (χ0v) is 10.5. The quantitative estimate of drug-likeness (QED) is 0.782. The lowest BCUT2D eigenvalue weighted by molar-refractivity contribution is 0.0895. The van der Waals surface area contributed by atoms with Gasteiger partial charge in [0.25, 0.3) is 5.91 Å². The molecule has 0 saturated heterocycles. The van der Waals surface area contributed by atoms with Crippen molar-refractivity contribution in [2.75, 3.05) is 26.1 Å². The summed E-state index contributed by atoms with van der Waals surface area (Å²) in [5.41, 5.74) is 0.546. The van der Waals surface area contributed by atoms with E-state index >= 15 is 0 Å². The molecule has 1 rings (SSSR count). The van der Waals surface area contributed by atoms with Gasteiger partial charge < -0.3 is 15.4 Å². The number of pyridine rings is 1. The topological polar surface area (TPSA) is 63.2 Å². The summed E-state index contributed by atoms with van der Waals surface area (Å²) in [4.78, 5) is 16.1. The highest BCUT2D eigenvalue weighted by Gasteiger charge is 2.15. The molecule has 1 aromatic heterocycles. The van der Waals surface area contributed by atoms with Crippen LogP contribution in [0, 0.1) is 0 Å². The van der Waals surface area contributed by atoms with Gasteiger partial charge in [-0.1, -0.05) is 6.92 Å². The molecule has 94 valence electrons. The Morgan fingerprint density at radius 2 is 2.35 bits per heavy atom. The van der Waals surface area contributed by atoms with Crippen molar-refractivity contribution in [3.8, 4) is 0 Å². The minimum atomic E-state index is -0.133. The molecule has 2 N–H and O–H groups in total. The molecule has 1 amide bonds. The van der Waals surface area contributed by atoms with Gasteiger partial charge in [0.2, 0.25) is 0 Å². The van der Waals surface area contributed by atoms with Gasteiger partial charge in [0, 0.05) is 20.4 Å². The number of nitrogens with one attached hydrogen (secondary N) is 2. The highest BCUT2D eigenvalue weighted by atomic mass is 16.5. The fourth-order valence-corrected chi connectivity index (χ4v) is 1.51. The molecule has 1 unspecified atom stereocenters. The van der Waals surface area contributed by atoms with E-state index in [2.05, 4.69) is 15.6 Å². The Hall–Kier alpha value is -1.62. The molecule has 1 aromatic rings. The molecular weight excluding hydrogens is 218 g/mol. The van der Waals surface area contributed by atoms with Crippen LogP contribution in [0.3, 0.4) is 0 Å². The van der Waals surface area contributed by atoms with Crippen molar-refractivity contribution in [2.45, 2.75) is 19.4 Å². The Morgan fingerprint density at radius 3 is 2.94 bits per heavy atom. The number of carbonyl (C=O) groups is 1. The van der Waals surface area contributed by atoms with Gasteiger partial charge in [-0.3, -0.25) is 4.79 Å². The highest BCUT2D eigenvalue weighted by Crippen LogP contribution is 2.10. The number of ether oxygens (including phenoxy) is 1. The van der Waals surface area contributed by atoms with Crippen LogP contribution in [-0.4, -0.2) is 37.7 Å². The van der Waals surface area contributed by atoms with Crippen LogP contribution in [0.4, 0.5) is 5.82 Å². The SMILES string of the molecule is CCC(COC)NC(=O)c1cccnc1NC. The molecule has 0 aliphatic carbocycles. The summed E-state index contributed by atoms with van der Waals surface area (Å²) in [6.07, 6.45) is 2.48. The van der Waals surface area contributed by atoms with Gasteiger partial charge in [-0.2, -0.15) is 0 Å². The van der Waals surface area contributed by atoms with Gasteiger partial charge in [-0.25, -0.2) is 4.98 Å². The van der Waals surface area contributed by atoms with Crippen LogP contribution in [0.5, 0.6) is 0 Å². The van der Waals surface area contributed by atoms with Gasteiger partial charge in [-0.15, -0.1) is 0 Å². The summed E-state index contributed by atoms with van der Waals surface area (Å²) in [5.74, 6) is 0.448. The number of methoxy groups -OCH3 is 1. The normalized spacial score (nSPS) is 11.9. The third-order valence-electron chi connectivity index (χ3n) is 2.49. The number of anilines is 1. The maximum absolute atomic E-state index is 12.0. The number of hydrogen-bond acceptors (Lipinski definition) is 4. The van der Waals surface area contributed by atoms with Crippen LogP contribution >= 0.6 is 0 Å². The third-order valence-corrected chi connectivity index (χ3v) is 2.49. The lowest BCUT2D eigenvalue weighted by Crippen LogP contribution is -2.37. The number of amides is 1. The predicted octanol–water partition coefficient (Wildman–Crippen LogP) is 1.28. The van der Waals surface area contributed by atoms with Gasteiger partial charge in [0.05, 0.1) is 18.2 Å². The molecule has 0 aliphatic rings. The molecule has 0 aromatic carbocycles. The number of nitrogens with zero attached hydrogens (tertiary/aromatic N) is 1. The predicted molar refractivity (Wildman–Crippen MR) is 67.2 cm³/mol. The van der Waals surface area contributed by atoms with Crippen LogP contribution in [0.15, 0.2) is 18.3 Å². The number of rotatable bonds is 6. The van der Waals surface area contributed by atoms with E-state index in [9.17, 15) is 4.79 Å². The zero-order chi connectivity index (χ0) is 12.7. The van der Waals surface area contributed by atoms with E-state index in [1.165, 1.54) is 0 Å². The van der Waals surface area contributed by atoms with E-state index in [0.29, 0.717) is 18.0 Å². The molecule has 17 heavy (non-hydrogen) atoms. The van der Waals surface area contributed by atoms with E-state index in [0.717, 1.165) is 6.42 Å². The second-order valence-electron chi connectivity index (χ2n) is 3.68. The first-order chi connectivity index (χ1) is 8.22. The summed E-state index contributed by atoms with van der Waals surface area (Å²) in [6.45, 7) is 2.52. The van der Waals surface area contributed by atoms with E-state index in [4.69, 9.17) is 4.74 Å². The van der Waals surface area contributed by atoms with Crippen molar-refractivity contribution in [1.29, 1.82) is 0 Å². The van der Waals surface area contributed by atoms with E-state index in [-0.39, 0.29) is 11.9 Å². The second kappa shape index (κ2) is 6.85. The monoisotopic (exact) mass is 237 g/mol. The van der Waals surface area contributed by atoms with Crippen molar-refractivity contribution in [3.63, 3.8) is 0 Å². The summed E-state index contributed by atoms with van der Waals surface area (Å²) >= 11 is 0. The second-order valence-corrected chi connectivity index (χ2v) is 3.68. The Morgan fingerprint density at radius 1 is 1.59 bits per heavy atom. The number of carbonyl (C=O) groups excluding carboxylic acids is 1. The van der Waals surface area contributed by atoms with Crippen LogP contribution < -0.4 is 10.6 Å². The van der Waals surface area contributed by atoms with Gasteiger partial charge in [-0.05, 0) is 18.6 Å². The fraction of sp³-hybridized carbons (Fsp3) is 0.500. The molecule has 0 radical (unpaired) electrons. The molecular formula is C12H19N3O2. The average Bonchev–Trinajstić information content (AvgIpc) is 2.38. The molecule has 0 spiro atoms. The molecule has 5 heteroatoms. The lowest BCUT2D eigenvalue weighted by atomic mass is 10.2. The minimum Gasteiger partial charge on any atom is -0.383 e. The lowest BCUT2D eigenvalue weighted by Gasteiger charge is -2.16. The molecule has 0 saturated carbocycles. The molecule has 0 fully saturated rings. The van der Waals surface area contributed by atoms with Crippen molar-refractivity contribution in [2.24, 2.45) is 0 Å². The third kappa shape index (κ3) is 3.71. The standard InChI is InChI=1S/C12H19N3O2/c1-4-9(8-17-3)15-12(16)10-6-5-7-14-11(10)13-2/h5-7,9H,4,8H2,1-3H3,(H,13,14)(H,15,16). The maximum atomic E-state index is 12.0. The summed E-state index contributed by atoms with van der Waals surface area (Å²) in [6, 6.07) is 3.51. The first kappa shape index (κ1) is 13.4. The zero-order valence-electron chi connectivity index (χ0n) is 10.5. The highest BCUT2D eigenvalue weighted by molar-refractivity contribution is 5.98. The van der Waals surface area contributed by atoms with E-state index in [1.54, 1.807) is 32.5 Å². The Kier molecular flexibility index (Phi) is 5.42. The Bertz CT molecular complexity index is 369. The number of aromatic nitrogens is 1. The Labute approximate surface area is 102 Å². The van der Waals surface area contributed by atoms with Crippen molar-refractivity contribution < 1.29 is 9.53 Å². The summed E-state index contributed by atoms with van der Waals surface area (Å²) < 4.78 is 5.04. The largest absolute Gasteiger partial charge is 0.383 e. The van der Waals surface area contributed by atoms with Gasteiger partial charge in [0.1, 0.15) is 5.82 Å². The maximum Gasteiger partial charge on any atom is 0.255 e. The molecule has 1 heterocycles. The Balaban J connectivity index is 2.75. The molecule has 0 aliphatic heterocycles. The summed E-state index contributed by atoms with van der Waals surface area (Å²) in [7, 11) is 3.36. The first-order valence-electron chi connectivity index (χ1n) is 5.65. The van der Waals surface area contributed by atoms with E-state index in [1.807, 2.05) is 6.92 Å². The van der Waals surface area contributed by atoms with Crippen molar-refractivity contribution in [3.05, 3.63) is 23.9 Å². The average molecular weight is 237 g/mol. The molecule has 5 nitrogen and oxygen atoms in total. The minimum absolute atomic E-state index is 0.0254. The van der Waals surface area contributed by atoms with Crippen LogP contribution in [0.2, 0.25) is 0 Å². The fourth-order valence-electron chi connectivity index (χ4n) is 1.51. The van der Waals surface area contributed by atoms with Crippen molar-refractivity contribution >= 4 is 11.7 Å². The van der Waals surface area contributed by atoms with Gasteiger partial charge >= 0.3 is 0 Å². The first-order valence-corrected chi connectivity index (χ1v) is 5.65. The smallest absolute Gasteiger partial charge is 0.255 e. The number of hydrogen-bond donors (Lipinski definition) is 2. The van der Waals surface area contributed by atoms with Crippen LogP contribution in [0.1, 0.15) is 23.7 Å². The molecule has 1 atom stereocenters. The van der Waals surface area contributed by atoms with Crippen molar-refractivity contribution in [1.82, 2.24) is 10.3 Å². The van der Waals surface area contributed by atoms with Crippen LogP contribution in [-0.2, 0) is 4.74 Å². The molecule has 0 bridgehead atoms.